The fourth-order valence-electron chi connectivity index (χ4n) is 0.815. The molecule has 0 aliphatic rings. The Bertz CT molecular complexity index is 274. The molecule has 0 aliphatic carbocycles. The van der Waals surface area contributed by atoms with Crippen LogP contribution in [-0.2, 0) is 6.54 Å². The lowest BCUT2D eigenvalue weighted by Crippen LogP contribution is -2.30. The highest BCUT2D eigenvalue weighted by atomic mass is 35.5. The average molecular weight is 206 g/mol. The normalized spacial score (nSPS) is 9.08. The SMILES string of the molecule is CCCn1cc(C(=O)NN)nn1.Cl. The molecule has 0 unspecified atom stereocenters. The molecule has 0 radical (unpaired) electrons. The molecule has 0 atom stereocenters. The number of aromatic nitrogens is 3. The van der Waals surface area contributed by atoms with Crippen molar-refractivity contribution in [2.24, 2.45) is 5.84 Å². The van der Waals surface area contributed by atoms with Gasteiger partial charge in [0, 0.05) is 6.54 Å². The highest BCUT2D eigenvalue weighted by Crippen LogP contribution is 1.93. The first-order valence-corrected chi connectivity index (χ1v) is 3.69. The number of nitrogens with two attached hydrogens (primary N) is 1. The zero-order valence-corrected chi connectivity index (χ0v) is 8.04. The van der Waals surface area contributed by atoms with Gasteiger partial charge in [0.25, 0.3) is 5.91 Å². The standard InChI is InChI=1S/C6H11N5O.ClH/c1-2-3-11-4-5(9-10-11)6(12)8-7;/h4H,2-3,7H2,1H3,(H,8,12);1H. The maximum absolute atomic E-state index is 10.9. The van der Waals surface area contributed by atoms with Gasteiger partial charge in [0.05, 0.1) is 6.20 Å². The number of carbonyl (C=O) groups is 1. The number of aryl methyl sites for hydroxylation is 1. The van der Waals surface area contributed by atoms with Gasteiger partial charge in [-0.25, -0.2) is 5.84 Å². The Kier molecular flexibility index (Phi) is 5.01. The third-order valence-electron chi connectivity index (χ3n) is 1.36. The quantitative estimate of drug-likeness (QED) is 0.404. The number of amides is 1. The summed E-state index contributed by atoms with van der Waals surface area (Å²) in [4.78, 5) is 10.9. The van der Waals surface area contributed by atoms with Crippen LogP contribution in [0.3, 0.4) is 0 Å². The Morgan fingerprint density at radius 2 is 2.46 bits per heavy atom. The minimum atomic E-state index is -0.419. The van der Waals surface area contributed by atoms with Crippen LogP contribution < -0.4 is 11.3 Å². The molecule has 0 bridgehead atoms. The van der Waals surface area contributed by atoms with Gasteiger partial charge in [-0.3, -0.25) is 14.9 Å². The van der Waals surface area contributed by atoms with Crippen molar-refractivity contribution in [2.45, 2.75) is 19.9 Å². The highest BCUT2D eigenvalue weighted by molar-refractivity contribution is 5.91. The van der Waals surface area contributed by atoms with Gasteiger partial charge in [-0.05, 0) is 6.42 Å². The molecule has 1 amide bonds. The molecule has 3 N–H and O–H groups in total. The van der Waals surface area contributed by atoms with Crippen LogP contribution in [0.2, 0.25) is 0 Å². The minimum absolute atomic E-state index is 0. The first kappa shape index (κ1) is 11.9. The molecule has 1 rings (SSSR count). The summed E-state index contributed by atoms with van der Waals surface area (Å²) in [6.45, 7) is 2.77. The highest BCUT2D eigenvalue weighted by Gasteiger charge is 2.07. The van der Waals surface area contributed by atoms with E-state index in [-0.39, 0.29) is 18.1 Å². The Morgan fingerprint density at radius 3 is 3.00 bits per heavy atom. The van der Waals surface area contributed by atoms with Crippen molar-refractivity contribution in [1.29, 1.82) is 0 Å². The summed E-state index contributed by atoms with van der Waals surface area (Å²) in [5, 5.41) is 7.35. The zero-order valence-electron chi connectivity index (χ0n) is 7.23. The molecule has 0 fully saturated rings. The van der Waals surface area contributed by atoms with Crippen LogP contribution in [0, 0.1) is 0 Å². The van der Waals surface area contributed by atoms with Gasteiger partial charge < -0.3 is 0 Å². The van der Waals surface area contributed by atoms with Crippen LogP contribution in [0.5, 0.6) is 0 Å². The first-order chi connectivity index (χ1) is 5.77. The van der Waals surface area contributed by atoms with Crippen molar-refractivity contribution in [3.63, 3.8) is 0 Å². The van der Waals surface area contributed by atoms with E-state index in [9.17, 15) is 4.79 Å². The third kappa shape index (κ3) is 3.00. The summed E-state index contributed by atoms with van der Waals surface area (Å²) < 4.78 is 1.60. The Balaban J connectivity index is 0.00000144. The molecule has 0 saturated carbocycles. The van der Waals surface area contributed by atoms with Crippen LogP contribution in [0.4, 0.5) is 0 Å². The number of nitrogen functional groups attached to an aromatic ring is 1. The van der Waals surface area contributed by atoms with Gasteiger partial charge in [0.2, 0.25) is 0 Å². The van der Waals surface area contributed by atoms with Crippen LogP contribution in [0.1, 0.15) is 23.8 Å². The van der Waals surface area contributed by atoms with Crippen molar-refractivity contribution in [2.75, 3.05) is 0 Å². The minimum Gasteiger partial charge on any atom is -0.289 e. The summed E-state index contributed by atoms with van der Waals surface area (Å²) in [5.74, 6) is 4.49. The number of nitrogens with one attached hydrogen (secondary N) is 1. The maximum atomic E-state index is 10.9. The number of halogens is 1. The van der Waals surface area contributed by atoms with Crippen molar-refractivity contribution in [3.05, 3.63) is 11.9 Å². The molecular formula is C6H12ClN5O. The van der Waals surface area contributed by atoms with Gasteiger partial charge in [0.15, 0.2) is 5.69 Å². The van der Waals surface area contributed by atoms with Crippen LogP contribution >= 0.6 is 12.4 Å². The predicted molar refractivity (Wildman–Crippen MR) is 49.2 cm³/mol. The number of hydrogen-bond donors (Lipinski definition) is 2. The van der Waals surface area contributed by atoms with Crippen LogP contribution in [0.25, 0.3) is 0 Å². The van der Waals surface area contributed by atoms with E-state index in [1.807, 2.05) is 12.3 Å². The Morgan fingerprint density at radius 1 is 1.77 bits per heavy atom. The van der Waals surface area contributed by atoms with E-state index in [4.69, 9.17) is 5.84 Å². The smallest absolute Gasteiger partial charge is 0.287 e. The molecule has 1 heterocycles. The molecular weight excluding hydrogens is 194 g/mol. The molecule has 0 aliphatic heterocycles. The van der Waals surface area contributed by atoms with E-state index in [1.54, 1.807) is 10.9 Å². The monoisotopic (exact) mass is 205 g/mol. The van der Waals surface area contributed by atoms with Crippen molar-refractivity contribution >= 4 is 18.3 Å². The fraction of sp³-hybridized carbons (Fsp3) is 0.500. The molecule has 0 spiro atoms. The molecule has 0 aromatic carbocycles. The van der Waals surface area contributed by atoms with Crippen molar-refractivity contribution < 1.29 is 4.79 Å². The summed E-state index contributed by atoms with van der Waals surface area (Å²) in [6.07, 6.45) is 2.51. The van der Waals surface area contributed by atoms with E-state index < -0.39 is 5.91 Å². The number of hydrogen-bond acceptors (Lipinski definition) is 4. The topological polar surface area (TPSA) is 85.8 Å². The second-order valence-corrected chi connectivity index (χ2v) is 2.34. The van der Waals surface area contributed by atoms with Gasteiger partial charge in [0.1, 0.15) is 0 Å². The second kappa shape index (κ2) is 5.50. The number of rotatable bonds is 3. The van der Waals surface area contributed by atoms with Gasteiger partial charge in [-0.2, -0.15) is 0 Å². The zero-order chi connectivity index (χ0) is 8.97. The van der Waals surface area contributed by atoms with E-state index in [2.05, 4.69) is 10.3 Å². The lowest BCUT2D eigenvalue weighted by molar-refractivity contribution is 0.0948. The fourth-order valence-corrected chi connectivity index (χ4v) is 0.815. The molecule has 74 valence electrons. The first-order valence-electron chi connectivity index (χ1n) is 3.69. The summed E-state index contributed by atoms with van der Waals surface area (Å²) in [6, 6.07) is 0. The van der Waals surface area contributed by atoms with E-state index in [0.29, 0.717) is 0 Å². The van der Waals surface area contributed by atoms with E-state index in [1.165, 1.54) is 0 Å². The average Bonchev–Trinajstić information content (AvgIpc) is 2.52. The summed E-state index contributed by atoms with van der Waals surface area (Å²) >= 11 is 0. The second-order valence-electron chi connectivity index (χ2n) is 2.34. The van der Waals surface area contributed by atoms with E-state index in [0.717, 1.165) is 13.0 Å². The molecule has 7 heteroatoms. The van der Waals surface area contributed by atoms with Crippen molar-refractivity contribution in [3.8, 4) is 0 Å². The third-order valence-corrected chi connectivity index (χ3v) is 1.36. The number of nitrogens with zero attached hydrogens (tertiary/aromatic N) is 3. The van der Waals surface area contributed by atoms with Gasteiger partial charge in [-0.1, -0.05) is 12.1 Å². The van der Waals surface area contributed by atoms with E-state index >= 15 is 0 Å². The molecule has 0 saturated heterocycles. The summed E-state index contributed by atoms with van der Waals surface area (Å²) in [5.41, 5.74) is 2.22. The predicted octanol–water partition coefficient (Wildman–Crippen LogP) is -0.287. The van der Waals surface area contributed by atoms with Gasteiger partial charge in [-0.15, -0.1) is 17.5 Å². The lowest BCUT2D eigenvalue weighted by atomic mass is 10.4. The molecule has 1 aromatic rings. The lowest BCUT2D eigenvalue weighted by Gasteiger charge is -1.92. The largest absolute Gasteiger partial charge is 0.289 e. The summed E-state index contributed by atoms with van der Waals surface area (Å²) in [7, 11) is 0. The molecule has 1 aromatic heterocycles. The number of hydrazine groups is 1. The van der Waals surface area contributed by atoms with Crippen LogP contribution in [-0.4, -0.2) is 20.9 Å². The van der Waals surface area contributed by atoms with Crippen molar-refractivity contribution in [1.82, 2.24) is 20.4 Å². The Hall–Kier alpha value is -1.14. The molecule has 13 heavy (non-hydrogen) atoms. The van der Waals surface area contributed by atoms with Crippen LogP contribution in [0.15, 0.2) is 6.20 Å². The number of carbonyl (C=O) groups excluding carboxylic acids is 1. The Labute approximate surface area is 81.9 Å². The molecule has 6 nitrogen and oxygen atoms in total. The maximum Gasteiger partial charge on any atom is 0.287 e. The van der Waals surface area contributed by atoms with Gasteiger partial charge >= 0.3 is 0 Å².